The monoisotopic (exact) mass is 285 g/mol. The lowest BCUT2D eigenvalue weighted by atomic mass is 10.0. The lowest BCUT2D eigenvalue weighted by molar-refractivity contribution is 0.415. The molecule has 4 rings (SSSR count). The number of nitrogens with zero attached hydrogens (tertiary/aromatic N) is 1. The molecule has 0 amide bonds. The molecule has 3 aromatic rings. The Kier molecular flexibility index (Phi) is 3.01. The summed E-state index contributed by atoms with van der Waals surface area (Å²) in [5.74, 6) is 0.871. The Morgan fingerprint density at radius 2 is 1.55 bits per heavy atom. The number of pyridine rings is 1. The number of rotatable bonds is 2. The minimum atomic E-state index is 0.871. The van der Waals surface area contributed by atoms with Crippen molar-refractivity contribution in [3.8, 4) is 17.0 Å². The zero-order valence-electron chi connectivity index (χ0n) is 12.3. The second-order valence-electron chi connectivity index (χ2n) is 5.28. The highest BCUT2D eigenvalue weighted by atomic mass is 16.5. The van der Waals surface area contributed by atoms with Gasteiger partial charge in [-0.05, 0) is 41.0 Å². The van der Waals surface area contributed by atoms with Crippen molar-refractivity contribution in [3.63, 3.8) is 0 Å². The number of fused-ring (bicyclic) bond motifs is 3. The minimum absolute atomic E-state index is 0.871. The van der Waals surface area contributed by atoms with Crippen molar-refractivity contribution in [1.82, 2.24) is 4.98 Å². The van der Waals surface area contributed by atoms with Crippen LogP contribution in [0.3, 0.4) is 0 Å². The van der Waals surface area contributed by atoms with Gasteiger partial charge in [-0.3, -0.25) is 4.98 Å². The van der Waals surface area contributed by atoms with Crippen LogP contribution >= 0.6 is 0 Å². The molecule has 1 aliphatic carbocycles. The van der Waals surface area contributed by atoms with Gasteiger partial charge in [-0.2, -0.15) is 0 Å². The lowest BCUT2D eigenvalue weighted by Crippen LogP contribution is -1.84. The average molecular weight is 285 g/mol. The molecule has 0 saturated heterocycles. The summed E-state index contributed by atoms with van der Waals surface area (Å²) in [6, 6.07) is 20.7. The lowest BCUT2D eigenvalue weighted by Gasteiger charge is -2.04. The Morgan fingerprint density at radius 3 is 2.32 bits per heavy atom. The van der Waals surface area contributed by atoms with Crippen LogP contribution in [0.1, 0.15) is 16.7 Å². The van der Waals surface area contributed by atoms with E-state index in [0.717, 1.165) is 17.0 Å². The fourth-order valence-electron chi connectivity index (χ4n) is 2.93. The van der Waals surface area contributed by atoms with Crippen molar-refractivity contribution in [1.29, 1.82) is 0 Å². The summed E-state index contributed by atoms with van der Waals surface area (Å²) >= 11 is 0. The highest BCUT2D eigenvalue weighted by Crippen LogP contribution is 2.43. The summed E-state index contributed by atoms with van der Waals surface area (Å²) in [5.41, 5.74) is 7.09. The van der Waals surface area contributed by atoms with E-state index in [1.165, 1.54) is 22.3 Å². The van der Waals surface area contributed by atoms with Gasteiger partial charge in [0, 0.05) is 17.3 Å². The van der Waals surface area contributed by atoms with Crippen molar-refractivity contribution in [2.24, 2.45) is 0 Å². The predicted octanol–water partition coefficient (Wildman–Crippen LogP) is 4.66. The van der Waals surface area contributed by atoms with Gasteiger partial charge >= 0.3 is 0 Å². The van der Waals surface area contributed by atoms with Gasteiger partial charge in [0.15, 0.2) is 0 Å². The molecule has 0 aliphatic heterocycles. The first-order chi connectivity index (χ1) is 10.9. The number of benzene rings is 2. The van der Waals surface area contributed by atoms with Crippen LogP contribution < -0.4 is 4.74 Å². The fraction of sp³-hybridized carbons (Fsp3) is 0.0500. The van der Waals surface area contributed by atoms with Crippen LogP contribution in [-0.2, 0) is 0 Å². The van der Waals surface area contributed by atoms with Gasteiger partial charge in [-0.15, -0.1) is 0 Å². The van der Waals surface area contributed by atoms with Gasteiger partial charge in [0.2, 0.25) is 0 Å². The molecule has 1 aliphatic rings. The summed E-state index contributed by atoms with van der Waals surface area (Å²) in [7, 11) is 1.68. The molecule has 0 radical (unpaired) electrons. The van der Waals surface area contributed by atoms with E-state index in [0.29, 0.717) is 0 Å². The van der Waals surface area contributed by atoms with Crippen molar-refractivity contribution < 1.29 is 4.74 Å². The molecule has 1 aromatic heterocycles. The summed E-state index contributed by atoms with van der Waals surface area (Å²) < 4.78 is 5.22. The van der Waals surface area contributed by atoms with Gasteiger partial charge in [0.05, 0.1) is 12.8 Å². The van der Waals surface area contributed by atoms with Gasteiger partial charge < -0.3 is 4.74 Å². The molecule has 2 aromatic carbocycles. The van der Waals surface area contributed by atoms with Crippen molar-refractivity contribution in [3.05, 3.63) is 83.6 Å². The number of aromatic nitrogens is 1. The first-order valence-corrected chi connectivity index (χ1v) is 7.28. The Morgan fingerprint density at radius 1 is 0.818 bits per heavy atom. The topological polar surface area (TPSA) is 22.1 Å². The van der Waals surface area contributed by atoms with Gasteiger partial charge in [-0.25, -0.2) is 0 Å². The number of hydrogen-bond donors (Lipinski definition) is 0. The molecular formula is C20H15NO. The summed E-state index contributed by atoms with van der Waals surface area (Å²) in [6.45, 7) is 0. The zero-order chi connectivity index (χ0) is 14.9. The van der Waals surface area contributed by atoms with Crippen LogP contribution in [0, 0.1) is 0 Å². The number of hydrogen-bond acceptors (Lipinski definition) is 2. The van der Waals surface area contributed by atoms with E-state index in [9.17, 15) is 0 Å². The van der Waals surface area contributed by atoms with Crippen LogP contribution in [0.5, 0.6) is 5.75 Å². The molecule has 22 heavy (non-hydrogen) atoms. The average Bonchev–Trinajstić information content (AvgIpc) is 2.90. The summed E-state index contributed by atoms with van der Waals surface area (Å²) in [6.07, 6.45) is 4.07. The molecule has 0 spiro atoms. The molecular weight excluding hydrogens is 270 g/mol. The second kappa shape index (κ2) is 5.15. The van der Waals surface area contributed by atoms with E-state index in [1.54, 1.807) is 7.11 Å². The molecule has 0 atom stereocenters. The highest BCUT2D eigenvalue weighted by molar-refractivity contribution is 6.05. The highest BCUT2D eigenvalue weighted by Gasteiger charge is 2.23. The SMILES string of the molecule is COc1ccc(C=C2c3ccccc3-c3ncccc32)cc1. The van der Waals surface area contributed by atoms with E-state index in [4.69, 9.17) is 4.74 Å². The molecule has 2 nitrogen and oxygen atoms in total. The molecule has 0 fully saturated rings. The largest absolute Gasteiger partial charge is 0.497 e. The predicted molar refractivity (Wildman–Crippen MR) is 89.6 cm³/mol. The standard InChI is InChI=1S/C20H15NO/c1-22-15-10-8-14(9-11-15)13-19-16-5-2-3-6-17(16)20-18(19)7-4-12-21-20/h2-13H,1H3. The maximum atomic E-state index is 5.22. The third kappa shape index (κ3) is 2.01. The minimum Gasteiger partial charge on any atom is -0.497 e. The first-order valence-electron chi connectivity index (χ1n) is 7.28. The molecule has 106 valence electrons. The van der Waals surface area contributed by atoms with E-state index >= 15 is 0 Å². The number of methoxy groups -OCH3 is 1. The van der Waals surface area contributed by atoms with Crippen molar-refractivity contribution in [2.75, 3.05) is 7.11 Å². The number of ether oxygens (including phenoxy) is 1. The van der Waals surface area contributed by atoms with Gasteiger partial charge in [-0.1, -0.05) is 42.5 Å². The molecule has 0 unspecified atom stereocenters. The quantitative estimate of drug-likeness (QED) is 0.534. The third-order valence-electron chi connectivity index (χ3n) is 4.00. The fourth-order valence-corrected chi connectivity index (χ4v) is 2.93. The van der Waals surface area contributed by atoms with Crippen LogP contribution in [0.15, 0.2) is 66.9 Å². The first kappa shape index (κ1) is 12.8. The smallest absolute Gasteiger partial charge is 0.118 e. The maximum Gasteiger partial charge on any atom is 0.118 e. The van der Waals surface area contributed by atoms with Crippen LogP contribution in [0.2, 0.25) is 0 Å². The third-order valence-corrected chi connectivity index (χ3v) is 4.00. The normalized spacial score (nSPS) is 13.8. The van der Waals surface area contributed by atoms with Gasteiger partial charge in [0.25, 0.3) is 0 Å². The summed E-state index contributed by atoms with van der Waals surface area (Å²) in [4.78, 5) is 4.56. The van der Waals surface area contributed by atoms with Crippen LogP contribution in [0.25, 0.3) is 22.9 Å². The second-order valence-corrected chi connectivity index (χ2v) is 5.28. The Hall–Kier alpha value is -2.87. The molecule has 0 bridgehead atoms. The maximum absolute atomic E-state index is 5.22. The molecule has 1 heterocycles. The zero-order valence-corrected chi connectivity index (χ0v) is 12.3. The molecule has 0 saturated carbocycles. The Balaban J connectivity index is 1.88. The van der Waals surface area contributed by atoms with E-state index in [2.05, 4.69) is 53.5 Å². The Bertz CT molecular complexity index is 815. The molecule has 0 N–H and O–H groups in total. The van der Waals surface area contributed by atoms with E-state index in [1.807, 2.05) is 24.4 Å². The van der Waals surface area contributed by atoms with Crippen molar-refractivity contribution in [2.45, 2.75) is 0 Å². The van der Waals surface area contributed by atoms with Gasteiger partial charge in [0.1, 0.15) is 5.75 Å². The molecule has 2 heteroatoms. The van der Waals surface area contributed by atoms with Crippen LogP contribution in [0.4, 0.5) is 0 Å². The van der Waals surface area contributed by atoms with Crippen molar-refractivity contribution >= 4 is 11.6 Å². The Labute approximate surface area is 129 Å². The van der Waals surface area contributed by atoms with E-state index in [-0.39, 0.29) is 0 Å². The van der Waals surface area contributed by atoms with E-state index < -0.39 is 0 Å². The summed E-state index contributed by atoms with van der Waals surface area (Å²) in [5, 5.41) is 0. The van der Waals surface area contributed by atoms with Crippen LogP contribution in [-0.4, -0.2) is 12.1 Å².